The van der Waals surface area contributed by atoms with E-state index in [0.29, 0.717) is 0 Å². The minimum absolute atomic E-state index is 0.0768. The maximum absolute atomic E-state index is 10.8. The number of rotatable bonds is 8. The van der Waals surface area contributed by atoms with Crippen molar-refractivity contribution < 1.29 is 34.3 Å². The van der Waals surface area contributed by atoms with Gasteiger partial charge in [-0.05, 0) is 12.8 Å². The molecular formula is C7H16N3O7P. The zero-order valence-corrected chi connectivity index (χ0v) is 10.3. The number of carbonyl (C=O) groups is 2. The fourth-order valence-corrected chi connectivity index (χ4v) is 1.77. The van der Waals surface area contributed by atoms with Crippen LogP contribution in [0.4, 0.5) is 4.79 Å². The van der Waals surface area contributed by atoms with E-state index in [1.54, 1.807) is 0 Å². The highest BCUT2D eigenvalue weighted by Crippen LogP contribution is 2.35. The van der Waals surface area contributed by atoms with E-state index in [1.807, 2.05) is 0 Å². The zero-order valence-electron chi connectivity index (χ0n) is 9.39. The van der Waals surface area contributed by atoms with Crippen molar-refractivity contribution in [3.63, 3.8) is 0 Å². The first kappa shape index (κ1) is 16.8. The Bertz CT molecular complexity index is 344. The first-order valence-corrected chi connectivity index (χ1v) is 6.69. The van der Waals surface area contributed by atoms with Crippen LogP contribution in [-0.4, -0.2) is 56.0 Å². The number of carboxylic acid groups (broad SMARTS) is 1. The summed E-state index contributed by atoms with van der Waals surface area (Å²) in [6.45, 7) is 0.100. The Kier molecular flexibility index (Phi) is 6.81. The summed E-state index contributed by atoms with van der Waals surface area (Å²) in [6.07, 6.45) is -1.00. The van der Waals surface area contributed by atoms with Crippen LogP contribution in [-0.2, 0) is 9.36 Å². The number of hydroxylamine groups is 2. The summed E-state index contributed by atoms with van der Waals surface area (Å²) in [5.74, 6) is -1.43. The molecule has 7 N–H and O–H groups in total. The van der Waals surface area contributed by atoms with Crippen molar-refractivity contribution in [1.29, 1.82) is 0 Å². The van der Waals surface area contributed by atoms with Crippen LogP contribution >= 0.6 is 7.60 Å². The van der Waals surface area contributed by atoms with E-state index < -0.39 is 31.9 Å². The Labute approximate surface area is 102 Å². The van der Waals surface area contributed by atoms with Crippen molar-refractivity contribution >= 4 is 19.6 Å². The predicted molar refractivity (Wildman–Crippen MR) is 58.8 cm³/mol. The van der Waals surface area contributed by atoms with Crippen LogP contribution < -0.4 is 11.1 Å². The largest absolute Gasteiger partial charge is 0.480 e. The van der Waals surface area contributed by atoms with E-state index in [2.05, 4.69) is 5.32 Å². The standard InChI is InChI=1S/C7H16N3O7P/c8-7(13)9-3-1-2-5(6(11)12)10(14)4-18(15,16)17/h5,14H,1-4H2,(H,11,12)(H3,8,9,13)(H2,15,16,17)/t5-/m0/s1. The second-order valence-electron chi connectivity index (χ2n) is 3.53. The highest BCUT2D eigenvalue weighted by molar-refractivity contribution is 7.51. The highest BCUT2D eigenvalue weighted by atomic mass is 31.2. The number of urea groups is 1. The molecule has 0 aliphatic heterocycles. The maximum Gasteiger partial charge on any atom is 0.341 e. The average Bonchev–Trinajstić information content (AvgIpc) is 2.12. The van der Waals surface area contributed by atoms with Crippen molar-refractivity contribution in [2.45, 2.75) is 18.9 Å². The Hall–Kier alpha value is -1.19. The molecule has 0 radical (unpaired) electrons. The van der Waals surface area contributed by atoms with E-state index in [1.165, 1.54) is 0 Å². The van der Waals surface area contributed by atoms with Gasteiger partial charge >= 0.3 is 19.6 Å². The van der Waals surface area contributed by atoms with Crippen LogP contribution in [0.5, 0.6) is 0 Å². The number of aliphatic carboxylic acids is 1. The summed E-state index contributed by atoms with van der Waals surface area (Å²) in [5.41, 5.74) is 4.78. The number of nitrogens with two attached hydrogens (primary N) is 1. The Morgan fingerprint density at radius 2 is 1.94 bits per heavy atom. The molecule has 0 spiro atoms. The Morgan fingerprint density at radius 1 is 1.39 bits per heavy atom. The fourth-order valence-electron chi connectivity index (χ4n) is 1.19. The van der Waals surface area contributed by atoms with Gasteiger partial charge in [-0.3, -0.25) is 9.36 Å². The van der Waals surface area contributed by atoms with E-state index in [9.17, 15) is 19.4 Å². The van der Waals surface area contributed by atoms with Gasteiger partial charge in [0, 0.05) is 6.54 Å². The van der Waals surface area contributed by atoms with Crippen LogP contribution in [0.1, 0.15) is 12.8 Å². The summed E-state index contributed by atoms with van der Waals surface area (Å²) in [4.78, 5) is 38.3. The molecule has 0 saturated carbocycles. The van der Waals surface area contributed by atoms with Gasteiger partial charge in [0.2, 0.25) is 0 Å². The Morgan fingerprint density at radius 3 is 2.33 bits per heavy atom. The number of carbonyl (C=O) groups excluding carboxylic acids is 1. The van der Waals surface area contributed by atoms with Crippen molar-refractivity contribution in [2.24, 2.45) is 5.73 Å². The van der Waals surface area contributed by atoms with E-state index >= 15 is 0 Å². The number of nitrogens with one attached hydrogen (secondary N) is 1. The van der Waals surface area contributed by atoms with Crippen molar-refractivity contribution in [2.75, 3.05) is 12.8 Å². The van der Waals surface area contributed by atoms with Crippen molar-refractivity contribution in [3.05, 3.63) is 0 Å². The number of hydrogen-bond acceptors (Lipinski definition) is 5. The van der Waals surface area contributed by atoms with Gasteiger partial charge in [-0.25, -0.2) is 4.79 Å². The predicted octanol–water partition coefficient (Wildman–Crippen LogP) is -1.29. The van der Waals surface area contributed by atoms with Crippen LogP contribution in [0.15, 0.2) is 0 Å². The molecule has 0 aromatic rings. The van der Waals surface area contributed by atoms with Gasteiger partial charge in [-0.15, -0.1) is 0 Å². The minimum Gasteiger partial charge on any atom is -0.480 e. The monoisotopic (exact) mass is 285 g/mol. The Balaban J connectivity index is 4.26. The van der Waals surface area contributed by atoms with Crippen molar-refractivity contribution in [3.8, 4) is 0 Å². The number of amides is 2. The van der Waals surface area contributed by atoms with Gasteiger partial charge < -0.3 is 31.2 Å². The summed E-state index contributed by atoms with van der Waals surface area (Å²) < 4.78 is 10.6. The molecule has 106 valence electrons. The van der Waals surface area contributed by atoms with Crippen LogP contribution in [0.3, 0.4) is 0 Å². The van der Waals surface area contributed by atoms with Gasteiger partial charge in [0.15, 0.2) is 0 Å². The second-order valence-corrected chi connectivity index (χ2v) is 5.15. The van der Waals surface area contributed by atoms with Crippen LogP contribution in [0.2, 0.25) is 0 Å². The molecule has 2 amide bonds. The van der Waals surface area contributed by atoms with Crippen LogP contribution in [0.25, 0.3) is 0 Å². The lowest BCUT2D eigenvalue weighted by molar-refractivity contribution is -0.166. The van der Waals surface area contributed by atoms with E-state index in [-0.39, 0.29) is 24.4 Å². The second kappa shape index (κ2) is 7.29. The highest BCUT2D eigenvalue weighted by Gasteiger charge is 2.29. The smallest absolute Gasteiger partial charge is 0.341 e. The molecule has 0 aliphatic carbocycles. The molecule has 11 heteroatoms. The molecule has 0 heterocycles. The molecule has 0 fully saturated rings. The quantitative estimate of drug-likeness (QED) is 0.181. The summed E-state index contributed by atoms with van der Waals surface area (Å²) in [5, 5.41) is 20.4. The summed E-state index contributed by atoms with van der Waals surface area (Å²) >= 11 is 0. The topological polar surface area (TPSA) is 173 Å². The van der Waals surface area contributed by atoms with Crippen LogP contribution in [0, 0.1) is 0 Å². The number of nitrogens with zero attached hydrogens (tertiary/aromatic N) is 1. The van der Waals surface area contributed by atoms with Gasteiger partial charge in [0.1, 0.15) is 12.3 Å². The lowest BCUT2D eigenvalue weighted by Gasteiger charge is -2.22. The van der Waals surface area contributed by atoms with Gasteiger partial charge in [0.25, 0.3) is 0 Å². The third-order valence-corrected chi connectivity index (χ3v) is 2.59. The molecule has 10 nitrogen and oxygen atoms in total. The third kappa shape index (κ3) is 7.98. The first-order chi connectivity index (χ1) is 8.13. The molecule has 0 aromatic heterocycles. The average molecular weight is 285 g/mol. The molecule has 0 aromatic carbocycles. The SMILES string of the molecule is NC(=O)NCCC[C@@H](C(=O)O)N(O)CP(=O)(O)O. The lowest BCUT2D eigenvalue weighted by Crippen LogP contribution is -2.40. The van der Waals surface area contributed by atoms with Gasteiger partial charge in [-0.1, -0.05) is 0 Å². The molecular weight excluding hydrogens is 269 g/mol. The molecule has 0 bridgehead atoms. The fraction of sp³-hybridized carbons (Fsp3) is 0.714. The number of hydrogen-bond donors (Lipinski definition) is 6. The van der Waals surface area contributed by atoms with Gasteiger partial charge in [-0.2, -0.15) is 5.06 Å². The lowest BCUT2D eigenvalue weighted by atomic mass is 10.1. The normalized spacial score (nSPS) is 13.3. The molecule has 18 heavy (non-hydrogen) atoms. The zero-order chi connectivity index (χ0) is 14.3. The van der Waals surface area contributed by atoms with Gasteiger partial charge in [0.05, 0.1) is 0 Å². The summed E-state index contributed by atoms with van der Waals surface area (Å²) in [6, 6.07) is -2.23. The number of primary amides is 1. The third-order valence-electron chi connectivity index (χ3n) is 1.93. The first-order valence-electron chi connectivity index (χ1n) is 4.89. The van der Waals surface area contributed by atoms with E-state index in [0.717, 1.165) is 0 Å². The van der Waals surface area contributed by atoms with E-state index in [4.69, 9.17) is 20.6 Å². The molecule has 0 unspecified atom stereocenters. The molecule has 0 rings (SSSR count). The molecule has 0 saturated heterocycles. The molecule has 0 aliphatic rings. The summed E-state index contributed by atoms with van der Waals surface area (Å²) in [7, 11) is -4.55. The maximum atomic E-state index is 10.8. The molecule has 1 atom stereocenters. The minimum atomic E-state index is -4.55. The van der Waals surface area contributed by atoms with Crippen molar-refractivity contribution in [1.82, 2.24) is 10.4 Å². The number of carboxylic acids is 1.